The van der Waals surface area contributed by atoms with E-state index in [1.54, 1.807) is 6.07 Å². The number of H-pyrrole nitrogens is 1. The lowest BCUT2D eigenvalue weighted by Gasteiger charge is -2.58. The van der Waals surface area contributed by atoms with Crippen LogP contribution >= 0.6 is 0 Å². The van der Waals surface area contributed by atoms with Gasteiger partial charge in [-0.05, 0) is 151 Å². The zero-order chi connectivity index (χ0) is 61.2. The third-order valence-corrected chi connectivity index (χ3v) is 21.6. The first-order chi connectivity index (χ1) is 43.0. The van der Waals surface area contributed by atoms with E-state index in [1.807, 2.05) is 37.4 Å². The summed E-state index contributed by atoms with van der Waals surface area (Å²) in [5.74, 6) is 2.27. The van der Waals surface area contributed by atoms with Crippen molar-refractivity contribution in [3.8, 4) is 17.5 Å². The molecule has 0 radical (unpaired) electrons. The van der Waals surface area contributed by atoms with E-state index in [0.717, 1.165) is 131 Å². The van der Waals surface area contributed by atoms with Gasteiger partial charge in [-0.25, -0.2) is 13.1 Å². The topological polar surface area (TPSA) is 243 Å². The number of nitrogens with one attached hydrogen (secondary N) is 3. The summed E-state index contributed by atoms with van der Waals surface area (Å²) < 4.78 is 62.0. The number of hydrogen-bond donors (Lipinski definition) is 4. The molecule has 23 heteroatoms. The van der Waals surface area contributed by atoms with Crippen LogP contribution in [0.3, 0.4) is 0 Å². The number of aromatic nitrogens is 3. The summed E-state index contributed by atoms with van der Waals surface area (Å²) in [6, 6.07) is 26.5. The molecule has 1 amide bonds. The van der Waals surface area contributed by atoms with E-state index >= 15 is 0 Å². The van der Waals surface area contributed by atoms with Crippen LogP contribution in [-0.4, -0.2) is 164 Å². The van der Waals surface area contributed by atoms with Crippen molar-refractivity contribution in [1.29, 1.82) is 0 Å². The van der Waals surface area contributed by atoms with E-state index in [-0.39, 0.29) is 53.4 Å². The molecule has 6 aromatic rings. The van der Waals surface area contributed by atoms with Crippen molar-refractivity contribution in [2.24, 2.45) is 11.3 Å². The van der Waals surface area contributed by atoms with Crippen LogP contribution in [0, 0.1) is 21.4 Å². The Labute approximate surface area is 519 Å². The number of hydrogen-bond acceptors (Lipinski definition) is 19. The number of benzene rings is 3. The van der Waals surface area contributed by atoms with Crippen molar-refractivity contribution in [1.82, 2.24) is 29.5 Å². The summed E-state index contributed by atoms with van der Waals surface area (Å²) in [7, 11) is -4.66. The van der Waals surface area contributed by atoms with Crippen molar-refractivity contribution in [3.05, 3.63) is 118 Å². The van der Waals surface area contributed by atoms with Crippen LogP contribution in [0.15, 0.2) is 96.0 Å². The second-order valence-electron chi connectivity index (χ2n) is 26.4. The summed E-state index contributed by atoms with van der Waals surface area (Å²) in [6.07, 6.45) is 9.73. The van der Waals surface area contributed by atoms with Gasteiger partial charge in [0.05, 0.1) is 71.3 Å². The molecule has 6 fully saturated rings. The lowest BCUT2D eigenvalue weighted by molar-refractivity contribution is -0.384. The molecule has 0 bridgehead atoms. The number of aromatic amines is 1. The maximum atomic E-state index is 14.9. The first kappa shape index (κ1) is 59.3. The van der Waals surface area contributed by atoms with Gasteiger partial charge in [-0.3, -0.25) is 24.7 Å². The van der Waals surface area contributed by atoms with E-state index < -0.39 is 43.1 Å². The zero-order valence-corrected chi connectivity index (χ0v) is 51.8. The van der Waals surface area contributed by atoms with E-state index in [9.17, 15) is 28.4 Å². The van der Waals surface area contributed by atoms with Crippen LogP contribution in [-0.2, 0) is 19.5 Å². The fourth-order valence-corrected chi connectivity index (χ4v) is 16.4. The fraction of sp³-hybridized carbons (Fsp3) is 0.530. The Morgan fingerprint density at radius 3 is 2.44 bits per heavy atom. The molecule has 472 valence electrons. The molecule has 2 aliphatic carbocycles. The van der Waals surface area contributed by atoms with Gasteiger partial charge in [-0.1, -0.05) is 18.2 Å². The number of piperidine rings is 1. The first-order valence-corrected chi connectivity index (χ1v) is 33.5. The third-order valence-electron chi connectivity index (χ3n) is 20.3. The van der Waals surface area contributed by atoms with Crippen molar-refractivity contribution >= 4 is 61.2 Å². The molecule has 4 atom stereocenters. The molecule has 89 heavy (non-hydrogen) atoms. The lowest BCUT2D eigenvalue weighted by atomic mass is 9.59. The Bertz CT molecular complexity index is 3720. The highest BCUT2D eigenvalue weighted by Crippen LogP contribution is 2.55. The number of carbonyl (C=O) groups excluding carboxylic acids is 1. The van der Waals surface area contributed by atoms with Crippen LogP contribution in [0.2, 0.25) is 0 Å². The molecule has 2 saturated carbocycles. The molecular formula is C66H81N11O11S. The average molecular weight is 1240 g/mol. The number of fused-ring (bicyclic) bond motifs is 4. The van der Waals surface area contributed by atoms with E-state index in [1.165, 1.54) is 17.7 Å². The molecule has 3 aromatic carbocycles. The summed E-state index contributed by atoms with van der Waals surface area (Å²) in [4.78, 5) is 51.7. The number of sulfonamides is 1. The SMILES string of the molecule is CC(C)Oc1ccccc1[C@H]1CN([C@H]2CCOc3nc(N4CCOCC4)ccc32)CCN1C1CC2(CCN(c3ccc(C(=O)NS(=O)(=O)c4ccc(NC[C@H]5CC[C@](C)(O)CC5)c([N+](=O)[O-])c4)c(N4c5cc6cc[nH]c6nc5O[C@H]5COCC[C@@H]54)c3)CC2)C1. The summed E-state index contributed by atoms with van der Waals surface area (Å²) in [5, 5.41) is 26.9. The van der Waals surface area contributed by atoms with Crippen LogP contribution < -0.4 is 38.9 Å². The molecule has 9 heterocycles. The van der Waals surface area contributed by atoms with E-state index in [2.05, 4.69) is 89.8 Å². The van der Waals surface area contributed by atoms with Crippen LogP contribution in [0.1, 0.15) is 119 Å². The molecule has 4 N–H and O–H groups in total. The number of nitro groups is 1. The Balaban J connectivity index is 0.715. The minimum absolute atomic E-state index is 0.0240. The summed E-state index contributed by atoms with van der Waals surface area (Å²) >= 11 is 0. The predicted octanol–water partition coefficient (Wildman–Crippen LogP) is 9.28. The number of anilines is 5. The molecule has 1 spiro atoms. The molecule has 6 aliphatic heterocycles. The number of nitro benzene ring substituents is 1. The Kier molecular flexibility index (Phi) is 16.1. The highest BCUT2D eigenvalue weighted by molar-refractivity contribution is 7.90. The van der Waals surface area contributed by atoms with Crippen LogP contribution in [0.4, 0.5) is 34.3 Å². The number of para-hydroxylation sites is 1. The van der Waals surface area contributed by atoms with E-state index in [4.69, 9.17) is 33.7 Å². The van der Waals surface area contributed by atoms with Gasteiger partial charge < -0.3 is 53.8 Å². The molecule has 14 rings (SSSR count). The maximum Gasteiger partial charge on any atom is 0.293 e. The van der Waals surface area contributed by atoms with Gasteiger partial charge in [-0.2, -0.15) is 9.97 Å². The van der Waals surface area contributed by atoms with Gasteiger partial charge in [0.15, 0.2) is 0 Å². The second kappa shape index (κ2) is 24.2. The average Bonchev–Trinajstić information content (AvgIpc) is 1.47. The Morgan fingerprint density at radius 2 is 1.64 bits per heavy atom. The van der Waals surface area contributed by atoms with Crippen molar-refractivity contribution in [3.63, 3.8) is 0 Å². The number of piperazine rings is 1. The number of morpholine rings is 1. The van der Waals surface area contributed by atoms with Crippen molar-refractivity contribution < 1.29 is 46.9 Å². The highest BCUT2D eigenvalue weighted by atomic mass is 32.2. The Morgan fingerprint density at radius 1 is 0.831 bits per heavy atom. The standard InChI is InChI=1S/C66H81N11O11S/c1-42(2)87-58-7-5-4-6-48(58)57-40-74(52-18-31-86-63-50(52)11-13-60(69-63)73-28-32-84-33-29-73)26-27-75(57)46-37-66(38-46)21-24-72(25-22-66)45-8-10-49(54(35-45)76-53-17-30-85-41-59(53)88-64-56(76)34-44-16-23-67-61(44)70-64)62(78)71-89(82,83)47-9-12-51(55(36-47)77(80)81)68-39-43-14-19-65(3,79)20-15-43/h4-13,16,23,34-36,42-43,46,52-53,57,59,68,79H,14-15,17-22,24-33,37-41H2,1-3H3,(H,67,70)(H,71,78)/t43-,52-,53-,57+,59-,65-/m0/s1. The van der Waals surface area contributed by atoms with Gasteiger partial charge in [-0.15, -0.1) is 0 Å². The number of amides is 1. The number of nitrogens with zero attached hydrogens (tertiary/aromatic N) is 8. The minimum atomic E-state index is -4.66. The molecule has 3 aromatic heterocycles. The number of rotatable bonds is 15. The number of aliphatic hydroxyl groups is 1. The fourth-order valence-electron chi connectivity index (χ4n) is 15.4. The third kappa shape index (κ3) is 11.9. The van der Waals surface area contributed by atoms with Gasteiger partial charge in [0.25, 0.3) is 21.6 Å². The monoisotopic (exact) mass is 1240 g/mol. The quantitative estimate of drug-likeness (QED) is 0.0553. The molecule has 4 saturated heterocycles. The maximum absolute atomic E-state index is 14.9. The van der Waals surface area contributed by atoms with Gasteiger partial charge in [0.1, 0.15) is 34.7 Å². The molecule has 22 nitrogen and oxygen atoms in total. The van der Waals surface area contributed by atoms with Crippen LogP contribution in [0.25, 0.3) is 11.0 Å². The molecular weight excluding hydrogens is 1150 g/mol. The first-order valence-electron chi connectivity index (χ1n) is 32.0. The zero-order valence-electron chi connectivity index (χ0n) is 51.0. The van der Waals surface area contributed by atoms with Crippen molar-refractivity contribution in [2.75, 3.05) is 105 Å². The number of pyridine rings is 2. The number of ether oxygens (including phenoxy) is 5. The highest BCUT2D eigenvalue weighted by Gasteiger charge is 2.51. The largest absolute Gasteiger partial charge is 0.491 e. The van der Waals surface area contributed by atoms with Gasteiger partial charge in [0, 0.05) is 112 Å². The van der Waals surface area contributed by atoms with Gasteiger partial charge in [0.2, 0.25) is 11.8 Å². The second-order valence-corrected chi connectivity index (χ2v) is 28.1. The summed E-state index contributed by atoms with van der Waals surface area (Å²) in [5.41, 5.74) is 4.30. The lowest BCUT2D eigenvalue weighted by Crippen LogP contribution is -2.60. The Hall–Kier alpha value is -7.28. The normalized spacial score (nSPS) is 25.7. The van der Waals surface area contributed by atoms with Crippen LogP contribution in [0.5, 0.6) is 17.5 Å². The smallest absolute Gasteiger partial charge is 0.293 e. The molecule has 8 aliphatic rings. The van der Waals surface area contributed by atoms with Crippen molar-refractivity contribution in [2.45, 2.75) is 132 Å². The van der Waals surface area contributed by atoms with Gasteiger partial charge >= 0.3 is 0 Å². The van der Waals surface area contributed by atoms with E-state index in [0.29, 0.717) is 81.2 Å². The predicted molar refractivity (Wildman–Crippen MR) is 337 cm³/mol. The minimum Gasteiger partial charge on any atom is -0.491 e. The summed E-state index contributed by atoms with van der Waals surface area (Å²) in [6.45, 7) is 15.1. The molecule has 0 unspecified atom stereocenters. The number of carbonyl (C=O) groups is 1.